The van der Waals surface area contributed by atoms with E-state index in [9.17, 15) is 0 Å². The summed E-state index contributed by atoms with van der Waals surface area (Å²) in [4.78, 5) is 0. The highest BCUT2D eigenvalue weighted by molar-refractivity contribution is 6.82. The zero-order chi connectivity index (χ0) is 12.8. The number of terminal acetylenes is 1. The van der Waals surface area contributed by atoms with Crippen molar-refractivity contribution in [1.29, 1.82) is 0 Å². The van der Waals surface area contributed by atoms with Crippen molar-refractivity contribution in [2.75, 3.05) is 0 Å². The van der Waals surface area contributed by atoms with E-state index in [1.54, 1.807) is 0 Å². The van der Waals surface area contributed by atoms with Crippen LogP contribution in [0.25, 0.3) is 0 Å². The van der Waals surface area contributed by atoms with E-state index in [1.807, 2.05) is 0 Å². The van der Waals surface area contributed by atoms with E-state index in [0.717, 1.165) is 0 Å². The molecule has 0 N–H and O–H groups in total. The molecule has 0 aromatic rings. The van der Waals surface area contributed by atoms with Gasteiger partial charge in [-0.25, -0.2) is 0 Å². The fourth-order valence-corrected chi connectivity index (χ4v) is 4.34. The van der Waals surface area contributed by atoms with Crippen molar-refractivity contribution in [3.63, 3.8) is 0 Å². The third-order valence-corrected chi connectivity index (χ3v) is 10.4. The van der Waals surface area contributed by atoms with Crippen molar-refractivity contribution in [3.05, 3.63) is 0 Å². The van der Waals surface area contributed by atoms with Gasteiger partial charge in [0, 0.05) is 5.54 Å². The van der Waals surface area contributed by atoms with Gasteiger partial charge >= 0.3 is 0 Å². The van der Waals surface area contributed by atoms with Crippen molar-refractivity contribution in [2.45, 2.75) is 83.5 Å². The van der Waals surface area contributed by atoms with Gasteiger partial charge in [0.05, 0.1) is 8.07 Å². The Hall–Kier alpha value is -0.223. The molecule has 0 amide bonds. The average molecular weight is 238 g/mol. The fourth-order valence-electron chi connectivity index (χ4n) is 1.95. The lowest BCUT2D eigenvalue weighted by atomic mass is 10.1. The van der Waals surface area contributed by atoms with Gasteiger partial charge in [-0.3, -0.25) is 0 Å². The third kappa shape index (κ3) is 4.34. The van der Waals surface area contributed by atoms with E-state index < -0.39 is 8.07 Å². The lowest BCUT2D eigenvalue weighted by molar-refractivity contribution is 0.618. The van der Waals surface area contributed by atoms with Gasteiger partial charge in [0.2, 0.25) is 0 Å². The largest absolute Gasteiger partial charge is 0.120 e. The van der Waals surface area contributed by atoms with Crippen LogP contribution in [-0.4, -0.2) is 8.07 Å². The summed E-state index contributed by atoms with van der Waals surface area (Å²) in [6, 6.07) is 0. The maximum Gasteiger partial charge on any atom is 0.0695 e. The van der Waals surface area contributed by atoms with Crippen LogP contribution in [0.15, 0.2) is 0 Å². The van der Waals surface area contributed by atoms with E-state index in [2.05, 4.69) is 46.7 Å². The first-order chi connectivity index (χ1) is 7.27. The molecule has 0 aliphatic carbocycles. The molecule has 1 unspecified atom stereocenters. The first kappa shape index (κ1) is 15.8. The van der Waals surface area contributed by atoms with Crippen LogP contribution < -0.4 is 0 Å². The Morgan fingerprint density at radius 3 is 2.06 bits per heavy atom. The molecule has 0 rings (SSSR count). The highest BCUT2D eigenvalue weighted by Crippen LogP contribution is 2.45. The quantitative estimate of drug-likeness (QED) is 0.327. The second-order valence-corrected chi connectivity index (χ2v) is 12.2. The van der Waals surface area contributed by atoms with Crippen LogP contribution in [-0.2, 0) is 0 Å². The van der Waals surface area contributed by atoms with Crippen molar-refractivity contribution in [1.82, 2.24) is 0 Å². The lowest BCUT2D eigenvalue weighted by Gasteiger charge is -2.41. The molecular weight excluding hydrogens is 208 g/mol. The molecule has 94 valence electrons. The van der Waals surface area contributed by atoms with E-state index >= 15 is 0 Å². The van der Waals surface area contributed by atoms with Crippen LogP contribution in [0.5, 0.6) is 0 Å². The molecular formula is C15H30Si. The molecule has 0 aromatic carbocycles. The van der Waals surface area contributed by atoms with E-state index in [0.29, 0.717) is 10.6 Å². The molecule has 0 nitrogen and oxygen atoms in total. The molecule has 0 bridgehead atoms. The highest BCUT2D eigenvalue weighted by atomic mass is 28.3. The van der Waals surface area contributed by atoms with Gasteiger partial charge < -0.3 is 0 Å². The van der Waals surface area contributed by atoms with Gasteiger partial charge in [-0.1, -0.05) is 66.5 Å². The molecule has 0 radical (unpaired) electrons. The maximum atomic E-state index is 5.76. The summed E-state index contributed by atoms with van der Waals surface area (Å²) in [6.07, 6.45) is 12.3. The Labute approximate surface area is 104 Å². The summed E-state index contributed by atoms with van der Waals surface area (Å²) in [5.74, 6) is 3.09. The van der Waals surface area contributed by atoms with Crippen molar-refractivity contribution >= 4 is 8.07 Å². The smallest absolute Gasteiger partial charge is 0.0695 e. The molecule has 0 aliphatic heterocycles. The zero-order valence-corrected chi connectivity index (χ0v) is 13.2. The third-order valence-electron chi connectivity index (χ3n) is 4.35. The predicted molar refractivity (Wildman–Crippen MR) is 78.5 cm³/mol. The Morgan fingerprint density at radius 2 is 1.69 bits per heavy atom. The number of unbranched alkanes of at least 4 members (excludes halogenated alkanes) is 3. The Morgan fingerprint density at radius 1 is 1.12 bits per heavy atom. The Balaban J connectivity index is 4.34. The molecule has 16 heavy (non-hydrogen) atoms. The minimum atomic E-state index is -1.33. The fraction of sp³-hybridized carbons (Fsp3) is 0.867. The molecule has 0 spiro atoms. The van der Waals surface area contributed by atoms with Crippen molar-refractivity contribution in [2.24, 2.45) is 0 Å². The highest BCUT2D eigenvalue weighted by Gasteiger charge is 2.40. The Bertz CT molecular complexity index is 227. The van der Waals surface area contributed by atoms with E-state index in [4.69, 9.17) is 6.42 Å². The summed E-state index contributed by atoms with van der Waals surface area (Å²) in [5.41, 5.74) is 0.546. The monoisotopic (exact) mass is 238 g/mol. The average Bonchev–Trinajstić information content (AvgIpc) is 2.16. The molecule has 0 fully saturated rings. The second-order valence-electron chi connectivity index (χ2n) is 6.54. The van der Waals surface area contributed by atoms with Gasteiger partial charge in [0.1, 0.15) is 0 Å². The van der Waals surface area contributed by atoms with Gasteiger partial charge in [0.25, 0.3) is 0 Å². The van der Waals surface area contributed by atoms with Crippen molar-refractivity contribution < 1.29 is 0 Å². The maximum absolute atomic E-state index is 5.76. The standard InChI is InChI=1S/C15H30Si/c1-8-10-11-12-13-14(9-2)16(6,7)15(3,4)5/h2,14H,8,10-13H2,1,3-7H3. The molecule has 0 aliphatic rings. The van der Waals surface area contributed by atoms with Gasteiger partial charge in [-0.15, -0.1) is 12.3 Å². The van der Waals surface area contributed by atoms with Crippen LogP contribution in [0, 0.1) is 12.3 Å². The van der Waals surface area contributed by atoms with Gasteiger partial charge in [-0.05, 0) is 11.5 Å². The van der Waals surface area contributed by atoms with Crippen LogP contribution >= 0.6 is 0 Å². The minimum absolute atomic E-state index is 0.412. The van der Waals surface area contributed by atoms with Gasteiger partial charge in [0.15, 0.2) is 0 Å². The van der Waals surface area contributed by atoms with Crippen molar-refractivity contribution in [3.8, 4) is 12.3 Å². The summed E-state index contributed by atoms with van der Waals surface area (Å²) in [5, 5.41) is 0.412. The number of hydrogen-bond donors (Lipinski definition) is 0. The first-order valence-corrected chi connectivity index (χ1v) is 9.81. The predicted octanol–water partition coefficient (Wildman–Crippen LogP) is 5.47. The minimum Gasteiger partial charge on any atom is -0.120 e. The van der Waals surface area contributed by atoms with Crippen LogP contribution in [0.4, 0.5) is 0 Å². The summed E-state index contributed by atoms with van der Waals surface area (Å²) < 4.78 is 0. The summed E-state index contributed by atoms with van der Waals surface area (Å²) >= 11 is 0. The van der Waals surface area contributed by atoms with Crippen LogP contribution in [0.2, 0.25) is 23.7 Å². The molecule has 1 heteroatoms. The molecule has 1 atom stereocenters. The SMILES string of the molecule is C#CC(CCCCCC)[Si](C)(C)C(C)(C)C. The normalized spacial score (nSPS) is 14.6. The topological polar surface area (TPSA) is 0 Å². The molecule has 0 saturated carbocycles. The second kappa shape index (κ2) is 6.50. The summed E-state index contributed by atoms with van der Waals surface area (Å²) in [7, 11) is -1.33. The van der Waals surface area contributed by atoms with Crippen LogP contribution in [0.1, 0.15) is 59.8 Å². The Kier molecular flexibility index (Phi) is 6.41. The van der Waals surface area contributed by atoms with E-state index in [-0.39, 0.29) is 0 Å². The summed E-state index contributed by atoms with van der Waals surface area (Å²) in [6.45, 7) is 14.2. The zero-order valence-electron chi connectivity index (χ0n) is 12.2. The first-order valence-electron chi connectivity index (χ1n) is 6.73. The number of rotatable bonds is 6. The molecule has 0 saturated heterocycles. The number of hydrogen-bond acceptors (Lipinski definition) is 0. The molecule has 0 aromatic heterocycles. The van der Waals surface area contributed by atoms with Gasteiger partial charge in [-0.2, -0.15) is 0 Å². The molecule has 0 heterocycles. The van der Waals surface area contributed by atoms with Crippen LogP contribution in [0.3, 0.4) is 0 Å². The van der Waals surface area contributed by atoms with E-state index in [1.165, 1.54) is 32.1 Å². The lowest BCUT2D eigenvalue weighted by Crippen LogP contribution is -2.41.